The topological polar surface area (TPSA) is 50.4 Å². The molecule has 0 spiro atoms. The Hall–Kier alpha value is -2.10. The van der Waals surface area contributed by atoms with E-state index in [1.165, 1.54) is 0 Å². The number of aromatic nitrogens is 1. The first kappa shape index (κ1) is 14.3. The van der Waals surface area contributed by atoms with Crippen molar-refractivity contribution in [3.63, 3.8) is 0 Å². The summed E-state index contributed by atoms with van der Waals surface area (Å²) >= 11 is 0. The Bertz CT molecular complexity index is 606. The molecular formula is C16H21N3O. The number of nitrogens with one attached hydrogen (secondary N) is 1. The molecule has 4 heteroatoms. The van der Waals surface area contributed by atoms with Crippen molar-refractivity contribution in [2.75, 3.05) is 5.43 Å². The lowest BCUT2D eigenvalue weighted by molar-refractivity contribution is 0.375. The molecule has 1 N–H and O–H groups in total. The second-order valence-electron chi connectivity index (χ2n) is 5.89. The molecule has 0 aliphatic rings. The van der Waals surface area contributed by atoms with E-state index in [0.717, 1.165) is 28.4 Å². The minimum Gasteiger partial charge on any atom is -0.361 e. The molecule has 1 heterocycles. The highest BCUT2D eigenvalue weighted by Gasteiger charge is 2.26. The average molecular weight is 271 g/mol. The maximum atomic E-state index is 5.34. The third kappa shape index (κ3) is 3.07. The molecule has 2 rings (SSSR count). The van der Waals surface area contributed by atoms with Crippen molar-refractivity contribution in [3.8, 4) is 0 Å². The smallest absolute Gasteiger partial charge is 0.143 e. The Kier molecular flexibility index (Phi) is 3.93. The number of nitrogens with zero attached hydrogens (tertiary/aromatic N) is 2. The zero-order valence-electron chi connectivity index (χ0n) is 12.7. The van der Waals surface area contributed by atoms with Gasteiger partial charge >= 0.3 is 0 Å². The van der Waals surface area contributed by atoms with Crippen LogP contribution in [0.4, 0.5) is 5.69 Å². The predicted octanol–water partition coefficient (Wildman–Crippen LogP) is 4.12. The Morgan fingerprint density at radius 1 is 1.20 bits per heavy atom. The summed E-state index contributed by atoms with van der Waals surface area (Å²) in [6.07, 6.45) is 0. The Balaban J connectivity index is 2.29. The van der Waals surface area contributed by atoms with Gasteiger partial charge in [0, 0.05) is 5.41 Å². The lowest BCUT2D eigenvalue weighted by Crippen LogP contribution is -2.16. The van der Waals surface area contributed by atoms with Crippen LogP contribution in [0.3, 0.4) is 0 Å². The van der Waals surface area contributed by atoms with E-state index in [9.17, 15) is 0 Å². The van der Waals surface area contributed by atoms with Crippen LogP contribution in [0.1, 0.15) is 44.7 Å². The molecule has 0 unspecified atom stereocenters. The van der Waals surface area contributed by atoms with Crippen molar-refractivity contribution in [2.45, 2.75) is 40.0 Å². The first-order valence-electron chi connectivity index (χ1n) is 6.72. The van der Waals surface area contributed by atoms with Gasteiger partial charge in [-0.1, -0.05) is 44.1 Å². The van der Waals surface area contributed by atoms with Crippen LogP contribution in [-0.4, -0.2) is 10.9 Å². The summed E-state index contributed by atoms with van der Waals surface area (Å²) in [4.78, 5) is 0. The van der Waals surface area contributed by atoms with Crippen molar-refractivity contribution in [1.82, 2.24) is 5.16 Å². The van der Waals surface area contributed by atoms with Gasteiger partial charge in [0.05, 0.1) is 22.7 Å². The van der Waals surface area contributed by atoms with Gasteiger partial charge in [-0.25, -0.2) is 0 Å². The average Bonchev–Trinajstić information content (AvgIpc) is 2.79. The fourth-order valence-electron chi connectivity index (χ4n) is 2.03. The van der Waals surface area contributed by atoms with Crippen molar-refractivity contribution in [2.24, 2.45) is 5.10 Å². The highest BCUT2D eigenvalue weighted by molar-refractivity contribution is 6.01. The van der Waals surface area contributed by atoms with Gasteiger partial charge in [0.25, 0.3) is 0 Å². The Morgan fingerprint density at radius 2 is 1.85 bits per heavy atom. The van der Waals surface area contributed by atoms with Crippen molar-refractivity contribution < 1.29 is 4.52 Å². The van der Waals surface area contributed by atoms with Crippen LogP contribution in [0.25, 0.3) is 0 Å². The van der Waals surface area contributed by atoms with Gasteiger partial charge in [0.1, 0.15) is 5.76 Å². The van der Waals surface area contributed by atoms with Crippen LogP contribution >= 0.6 is 0 Å². The largest absolute Gasteiger partial charge is 0.361 e. The predicted molar refractivity (Wildman–Crippen MR) is 82.2 cm³/mol. The highest BCUT2D eigenvalue weighted by atomic mass is 16.5. The lowest BCUT2D eigenvalue weighted by Gasteiger charge is -2.16. The van der Waals surface area contributed by atoms with E-state index in [4.69, 9.17) is 4.52 Å². The fourth-order valence-corrected chi connectivity index (χ4v) is 2.03. The van der Waals surface area contributed by atoms with Gasteiger partial charge in [-0.3, -0.25) is 5.43 Å². The molecule has 0 radical (unpaired) electrons. The summed E-state index contributed by atoms with van der Waals surface area (Å²) in [5, 5.41) is 8.62. The standard InChI is InChI=1S/C16H21N3O/c1-11(17-18-13-9-7-6-8-10-13)14-12(2)20-19-15(14)16(3,4)5/h6-10,18H,1-5H3. The molecule has 0 saturated carbocycles. The van der Waals surface area contributed by atoms with E-state index in [2.05, 4.69) is 36.5 Å². The molecule has 0 amide bonds. The van der Waals surface area contributed by atoms with E-state index in [1.807, 2.05) is 44.2 Å². The quantitative estimate of drug-likeness (QED) is 0.675. The zero-order chi connectivity index (χ0) is 14.8. The summed E-state index contributed by atoms with van der Waals surface area (Å²) in [5.74, 6) is 0.797. The number of anilines is 1. The maximum absolute atomic E-state index is 5.34. The highest BCUT2D eigenvalue weighted by Crippen LogP contribution is 2.27. The van der Waals surface area contributed by atoms with E-state index in [-0.39, 0.29) is 5.41 Å². The number of hydrazone groups is 1. The Morgan fingerprint density at radius 3 is 2.45 bits per heavy atom. The summed E-state index contributed by atoms with van der Waals surface area (Å²) in [6.45, 7) is 10.2. The monoisotopic (exact) mass is 271 g/mol. The third-order valence-electron chi connectivity index (χ3n) is 3.06. The number of hydrogen-bond acceptors (Lipinski definition) is 4. The molecule has 1 aromatic carbocycles. The van der Waals surface area contributed by atoms with Gasteiger partial charge in [0.2, 0.25) is 0 Å². The molecule has 20 heavy (non-hydrogen) atoms. The molecule has 0 bridgehead atoms. The molecule has 0 fully saturated rings. The Labute approximate surface area is 119 Å². The van der Waals surface area contributed by atoms with Crippen molar-refractivity contribution in [1.29, 1.82) is 0 Å². The summed E-state index contributed by atoms with van der Waals surface area (Å²) in [5.41, 5.74) is 6.74. The van der Waals surface area contributed by atoms with Gasteiger partial charge in [0.15, 0.2) is 0 Å². The number of rotatable bonds is 3. The van der Waals surface area contributed by atoms with E-state index < -0.39 is 0 Å². The van der Waals surface area contributed by atoms with Crippen LogP contribution in [0, 0.1) is 6.92 Å². The number of para-hydroxylation sites is 1. The van der Waals surface area contributed by atoms with E-state index >= 15 is 0 Å². The van der Waals surface area contributed by atoms with Gasteiger partial charge in [-0.05, 0) is 26.0 Å². The fraction of sp³-hybridized carbons (Fsp3) is 0.375. The van der Waals surface area contributed by atoms with Crippen LogP contribution in [0.15, 0.2) is 40.0 Å². The van der Waals surface area contributed by atoms with Crippen molar-refractivity contribution >= 4 is 11.4 Å². The third-order valence-corrected chi connectivity index (χ3v) is 3.06. The van der Waals surface area contributed by atoms with E-state index in [0.29, 0.717) is 0 Å². The first-order chi connectivity index (χ1) is 9.39. The molecule has 106 valence electrons. The second-order valence-corrected chi connectivity index (χ2v) is 5.89. The number of benzene rings is 1. The molecule has 0 saturated heterocycles. The normalized spacial score (nSPS) is 12.6. The molecule has 0 atom stereocenters. The number of aryl methyl sites for hydroxylation is 1. The van der Waals surface area contributed by atoms with E-state index in [1.54, 1.807) is 0 Å². The lowest BCUT2D eigenvalue weighted by atomic mass is 9.87. The molecule has 0 aliphatic heterocycles. The van der Waals surface area contributed by atoms with Crippen LogP contribution in [0.2, 0.25) is 0 Å². The summed E-state index contributed by atoms with van der Waals surface area (Å²) in [6, 6.07) is 9.87. The SMILES string of the molecule is CC(=NNc1ccccc1)c1c(C(C)(C)C)noc1C. The molecule has 0 aliphatic carbocycles. The van der Waals surface area contributed by atoms with Crippen LogP contribution in [0.5, 0.6) is 0 Å². The minimum atomic E-state index is -0.0728. The van der Waals surface area contributed by atoms with Crippen LogP contribution < -0.4 is 5.43 Å². The van der Waals surface area contributed by atoms with Gasteiger partial charge in [-0.2, -0.15) is 5.10 Å². The summed E-state index contributed by atoms with van der Waals surface area (Å²) < 4.78 is 5.34. The first-order valence-corrected chi connectivity index (χ1v) is 6.72. The summed E-state index contributed by atoms with van der Waals surface area (Å²) in [7, 11) is 0. The molecule has 2 aromatic rings. The maximum Gasteiger partial charge on any atom is 0.143 e. The van der Waals surface area contributed by atoms with Gasteiger partial charge in [-0.15, -0.1) is 0 Å². The second kappa shape index (κ2) is 5.49. The van der Waals surface area contributed by atoms with Crippen molar-refractivity contribution in [3.05, 3.63) is 47.3 Å². The minimum absolute atomic E-state index is 0.0728. The number of hydrogen-bond donors (Lipinski definition) is 1. The molecular weight excluding hydrogens is 250 g/mol. The molecule has 1 aromatic heterocycles. The van der Waals surface area contributed by atoms with Gasteiger partial charge < -0.3 is 4.52 Å². The molecule has 4 nitrogen and oxygen atoms in total. The zero-order valence-corrected chi connectivity index (χ0v) is 12.7. The van der Waals surface area contributed by atoms with Crippen LogP contribution in [-0.2, 0) is 5.41 Å².